The van der Waals surface area contributed by atoms with Crippen LogP contribution in [0.25, 0.3) is 0 Å². The Hall–Kier alpha value is -2.28. The Balaban J connectivity index is 3.18. The molecule has 120 valence electrons. The quantitative estimate of drug-likeness (QED) is 0.413. The van der Waals surface area contributed by atoms with Gasteiger partial charge in [0.15, 0.2) is 5.84 Å². The molecule has 0 fully saturated rings. The summed E-state index contributed by atoms with van der Waals surface area (Å²) in [5.41, 5.74) is 0.501. The van der Waals surface area contributed by atoms with Gasteiger partial charge in [-0.05, 0) is 17.6 Å². The molecule has 7 nitrogen and oxygen atoms in total. The second-order valence-corrected chi connectivity index (χ2v) is 5.18. The highest BCUT2D eigenvalue weighted by molar-refractivity contribution is 6.55. The first-order valence-electron chi connectivity index (χ1n) is 6.79. The average molecular weight is 307 g/mol. The van der Waals surface area contributed by atoms with Crippen molar-refractivity contribution in [2.45, 2.75) is 19.9 Å². The number of aliphatic carboxylic acids is 1. The largest absolute Gasteiger partial charge is 0.478 e. The Bertz CT molecular complexity index is 573. The number of rotatable bonds is 7. The third-order valence-electron chi connectivity index (χ3n) is 3.02. The fourth-order valence-corrected chi connectivity index (χ4v) is 2.01. The Kier molecular flexibility index (Phi) is 6.18. The average Bonchev–Trinajstić information content (AvgIpc) is 2.80. The Morgan fingerprint density at radius 1 is 1.59 bits per heavy atom. The third kappa shape index (κ3) is 4.11. The molecule has 2 N–H and O–H groups in total. The van der Waals surface area contributed by atoms with Crippen LogP contribution in [0.4, 0.5) is 0 Å². The fraction of sp³-hybridized carbons (Fsp3) is 0.467. The molecule has 1 atom stereocenters. The van der Waals surface area contributed by atoms with Gasteiger partial charge in [-0.1, -0.05) is 20.4 Å². The first-order chi connectivity index (χ1) is 10.3. The molecule has 0 spiro atoms. The van der Waals surface area contributed by atoms with E-state index in [1.165, 1.54) is 20.2 Å². The van der Waals surface area contributed by atoms with E-state index in [1.54, 1.807) is 0 Å². The van der Waals surface area contributed by atoms with Crippen LogP contribution in [-0.4, -0.2) is 55.3 Å². The molecule has 0 bridgehead atoms. The number of nitrogens with zero attached hydrogens (tertiary/aromatic N) is 2. The number of hydrogen-bond acceptors (Lipinski definition) is 5. The number of carbonyl (C=O) groups excluding carboxylic acids is 1. The molecule has 0 aliphatic carbocycles. The molecular weight excluding hydrogens is 286 g/mol. The van der Waals surface area contributed by atoms with E-state index in [9.17, 15) is 14.7 Å². The van der Waals surface area contributed by atoms with Crippen LogP contribution in [0.2, 0.25) is 0 Å². The fourth-order valence-electron chi connectivity index (χ4n) is 2.01. The van der Waals surface area contributed by atoms with Gasteiger partial charge in [0.2, 0.25) is 0 Å². The van der Waals surface area contributed by atoms with Crippen molar-refractivity contribution in [3.8, 4) is 0 Å². The van der Waals surface area contributed by atoms with E-state index in [0.717, 1.165) is 0 Å². The van der Waals surface area contributed by atoms with Gasteiger partial charge in [-0.25, -0.2) is 4.79 Å². The van der Waals surface area contributed by atoms with Gasteiger partial charge >= 0.3 is 5.97 Å². The highest BCUT2D eigenvalue weighted by Crippen LogP contribution is 2.15. The van der Waals surface area contributed by atoms with Crippen LogP contribution < -0.4 is 5.32 Å². The molecule has 1 unspecified atom stereocenters. The van der Waals surface area contributed by atoms with Gasteiger partial charge < -0.3 is 15.2 Å². The van der Waals surface area contributed by atoms with Crippen molar-refractivity contribution in [1.29, 1.82) is 0 Å². The van der Waals surface area contributed by atoms with Crippen LogP contribution >= 0.6 is 0 Å². The maximum atomic E-state index is 11.9. The predicted octanol–water partition coefficient (Wildman–Crippen LogP) is 0.824. The number of aliphatic imine (C=N–C) groups is 2. The van der Waals surface area contributed by atoms with Crippen molar-refractivity contribution in [3.63, 3.8) is 0 Å². The second-order valence-electron chi connectivity index (χ2n) is 5.18. The molecule has 22 heavy (non-hydrogen) atoms. The molecule has 7 heteroatoms. The lowest BCUT2D eigenvalue weighted by Crippen LogP contribution is -2.36. The topological polar surface area (TPSA) is 100 Å². The van der Waals surface area contributed by atoms with Gasteiger partial charge in [-0.3, -0.25) is 14.8 Å². The first kappa shape index (κ1) is 17.8. The zero-order valence-electron chi connectivity index (χ0n) is 13.2. The van der Waals surface area contributed by atoms with Crippen LogP contribution in [0.1, 0.15) is 13.8 Å². The highest BCUT2D eigenvalue weighted by Gasteiger charge is 2.33. The van der Waals surface area contributed by atoms with E-state index in [-0.39, 0.29) is 35.6 Å². The Morgan fingerprint density at radius 2 is 2.23 bits per heavy atom. The van der Waals surface area contributed by atoms with Crippen molar-refractivity contribution in [2.24, 2.45) is 15.9 Å². The zero-order chi connectivity index (χ0) is 16.9. The number of nitrogens with one attached hydrogen (secondary N) is 1. The Labute approximate surface area is 129 Å². The Morgan fingerprint density at radius 3 is 2.64 bits per heavy atom. The lowest BCUT2D eigenvalue weighted by atomic mass is 10.1. The molecule has 1 aliphatic rings. The minimum Gasteiger partial charge on any atom is -0.478 e. The molecule has 1 rings (SSSR count). The van der Waals surface area contributed by atoms with Gasteiger partial charge in [-0.2, -0.15) is 0 Å². The summed E-state index contributed by atoms with van der Waals surface area (Å²) >= 11 is 0. The standard InChI is InChI=1S/C15H21N3O4/c1-8(2)11-14(19)18-13(17-11)12(16-4)10(15(20)21)6-9(3)7-22-5/h6,8,11H,3,7H2,1-2,4-5H3,(H,20,21)(H,17,18,19)/b10-6+,16-12+. The van der Waals surface area contributed by atoms with Crippen molar-refractivity contribution in [2.75, 3.05) is 20.8 Å². The predicted molar refractivity (Wildman–Crippen MR) is 84.3 cm³/mol. The van der Waals surface area contributed by atoms with Gasteiger partial charge in [-0.15, -0.1) is 0 Å². The molecule has 0 aromatic rings. The van der Waals surface area contributed by atoms with Crippen molar-refractivity contribution in [3.05, 3.63) is 23.8 Å². The minimum atomic E-state index is -1.18. The summed E-state index contributed by atoms with van der Waals surface area (Å²) in [6.45, 7) is 7.65. The maximum Gasteiger partial charge on any atom is 0.338 e. The van der Waals surface area contributed by atoms with Crippen LogP contribution in [-0.2, 0) is 14.3 Å². The van der Waals surface area contributed by atoms with Crippen LogP contribution in [0, 0.1) is 5.92 Å². The van der Waals surface area contributed by atoms with Gasteiger partial charge in [0.25, 0.3) is 5.91 Å². The van der Waals surface area contributed by atoms with E-state index in [2.05, 4.69) is 21.9 Å². The van der Waals surface area contributed by atoms with Crippen molar-refractivity contribution in [1.82, 2.24) is 5.32 Å². The third-order valence-corrected chi connectivity index (χ3v) is 3.02. The number of carboxylic acids is 1. The smallest absolute Gasteiger partial charge is 0.338 e. The van der Waals surface area contributed by atoms with E-state index >= 15 is 0 Å². The van der Waals surface area contributed by atoms with Crippen LogP contribution in [0.5, 0.6) is 0 Å². The molecule has 0 aromatic heterocycles. The molecule has 0 aromatic carbocycles. The van der Waals surface area contributed by atoms with Crippen LogP contribution in [0.15, 0.2) is 33.8 Å². The number of methoxy groups -OCH3 is 1. The molecule has 1 heterocycles. The summed E-state index contributed by atoms with van der Waals surface area (Å²) in [5, 5.41) is 12.0. The number of carbonyl (C=O) groups is 2. The SMILES string of the molecule is C=C(/C=C(C(=O)O)\C(=N/C)C1=NC(C(C)C)C(=O)N1)COC. The minimum absolute atomic E-state index is 0.0105. The van der Waals surface area contributed by atoms with Gasteiger partial charge in [0, 0.05) is 14.2 Å². The first-order valence-corrected chi connectivity index (χ1v) is 6.79. The summed E-state index contributed by atoms with van der Waals surface area (Å²) in [4.78, 5) is 31.6. The normalized spacial score (nSPS) is 19.2. The number of hydrogen-bond donors (Lipinski definition) is 2. The molecule has 0 radical (unpaired) electrons. The van der Waals surface area contributed by atoms with Crippen LogP contribution in [0.3, 0.4) is 0 Å². The summed E-state index contributed by atoms with van der Waals surface area (Å²) in [5.74, 6) is -1.25. The van der Waals surface area contributed by atoms with E-state index in [4.69, 9.17) is 4.74 Å². The summed E-state index contributed by atoms with van der Waals surface area (Å²) in [6.07, 6.45) is 1.37. The van der Waals surface area contributed by atoms with E-state index in [0.29, 0.717) is 5.57 Å². The molecule has 1 amide bonds. The number of amides is 1. The summed E-state index contributed by atoms with van der Waals surface area (Å²) in [6, 6.07) is -0.538. The monoisotopic (exact) mass is 307 g/mol. The summed E-state index contributed by atoms with van der Waals surface area (Å²) in [7, 11) is 2.94. The molecular formula is C15H21N3O4. The molecule has 0 saturated carbocycles. The van der Waals surface area contributed by atoms with Gasteiger partial charge in [0.1, 0.15) is 11.8 Å². The summed E-state index contributed by atoms with van der Waals surface area (Å²) < 4.78 is 4.91. The lowest BCUT2D eigenvalue weighted by molar-refractivity contribution is -0.132. The van der Waals surface area contributed by atoms with Gasteiger partial charge in [0.05, 0.1) is 12.2 Å². The lowest BCUT2D eigenvalue weighted by Gasteiger charge is -2.08. The number of amidine groups is 1. The van der Waals surface area contributed by atoms with E-state index in [1.807, 2.05) is 13.8 Å². The number of carboxylic acid groups (broad SMARTS) is 1. The maximum absolute atomic E-state index is 11.9. The van der Waals surface area contributed by atoms with Crippen molar-refractivity contribution >= 4 is 23.4 Å². The molecule has 1 aliphatic heterocycles. The highest BCUT2D eigenvalue weighted by atomic mass is 16.5. The van der Waals surface area contributed by atoms with E-state index < -0.39 is 12.0 Å². The second kappa shape index (κ2) is 7.65. The van der Waals surface area contributed by atoms with Crippen molar-refractivity contribution < 1.29 is 19.4 Å². The number of ether oxygens (including phenoxy) is 1. The molecule has 0 saturated heterocycles. The zero-order valence-corrected chi connectivity index (χ0v) is 13.2.